The number of ether oxygens (including phenoxy) is 1. The molecule has 0 aliphatic carbocycles. The van der Waals surface area contributed by atoms with Crippen LogP contribution < -0.4 is 4.74 Å². The molecule has 0 spiro atoms. The number of aromatic nitrogens is 5. The molecule has 1 aliphatic heterocycles. The lowest BCUT2D eigenvalue weighted by Gasteiger charge is -2.25. The standard InChI is InChI=1S/C26H24F3N5O2/c1-16-14-33(15-30-16)23-10-9-18(12-25(23)36-2)24(35)13-20-22-8-4-7-21(34(22)32-31-20)17-5-3-6-19(11-17)26(27,28)29/h3,5-6,9-12,14-15,21H,4,7-8,13H2,1-2H3. The molecule has 0 amide bonds. The third kappa shape index (κ3) is 4.50. The molecule has 0 radical (unpaired) electrons. The van der Waals surface area contributed by atoms with Gasteiger partial charge < -0.3 is 9.30 Å². The summed E-state index contributed by atoms with van der Waals surface area (Å²) in [7, 11) is 1.54. The van der Waals surface area contributed by atoms with E-state index in [-0.39, 0.29) is 18.2 Å². The van der Waals surface area contributed by atoms with Crippen LogP contribution in [-0.4, -0.2) is 37.4 Å². The number of Topliss-reactive ketones (excluding diaryl/α,β-unsaturated/α-hetero) is 1. The Hall–Kier alpha value is -3.95. The van der Waals surface area contributed by atoms with E-state index in [2.05, 4.69) is 15.3 Å². The van der Waals surface area contributed by atoms with E-state index in [0.717, 1.165) is 29.6 Å². The molecule has 2 aromatic heterocycles. The minimum Gasteiger partial charge on any atom is -0.495 e. The van der Waals surface area contributed by atoms with Crippen molar-refractivity contribution >= 4 is 5.78 Å². The Balaban J connectivity index is 1.40. The van der Waals surface area contributed by atoms with Crippen molar-refractivity contribution in [1.82, 2.24) is 24.5 Å². The molecule has 0 saturated carbocycles. The summed E-state index contributed by atoms with van der Waals surface area (Å²) in [5.74, 6) is 0.388. The Morgan fingerprint density at radius 1 is 1.19 bits per heavy atom. The lowest BCUT2D eigenvalue weighted by atomic mass is 9.94. The molecule has 0 bridgehead atoms. The predicted molar refractivity (Wildman–Crippen MR) is 125 cm³/mol. The zero-order chi connectivity index (χ0) is 25.4. The van der Waals surface area contributed by atoms with Gasteiger partial charge in [0.2, 0.25) is 0 Å². The third-order valence-corrected chi connectivity index (χ3v) is 6.48. The number of carbonyl (C=O) groups is 1. The number of alkyl halides is 3. The number of imidazole rings is 1. The van der Waals surface area contributed by atoms with Gasteiger partial charge in [0.15, 0.2) is 5.78 Å². The van der Waals surface area contributed by atoms with Gasteiger partial charge in [-0.2, -0.15) is 13.2 Å². The number of carbonyl (C=O) groups excluding carboxylic acids is 1. The van der Waals surface area contributed by atoms with Crippen molar-refractivity contribution in [3.8, 4) is 11.4 Å². The van der Waals surface area contributed by atoms with E-state index in [1.165, 1.54) is 12.1 Å². The summed E-state index contributed by atoms with van der Waals surface area (Å²) in [6.45, 7) is 1.89. The molecule has 0 saturated heterocycles. The maximum Gasteiger partial charge on any atom is 0.416 e. The Labute approximate surface area is 205 Å². The Bertz CT molecular complexity index is 1420. The summed E-state index contributed by atoms with van der Waals surface area (Å²) in [4.78, 5) is 17.4. The number of methoxy groups -OCH3 is 1. The van der Waals surface area contributed by atoms with Crippen LogP contribution in [0.15, 0.2) is 55.0 Å². The fourth-order valence-corrected chi connectivity index (χ4v) is 4.68. The van der Waals surface area contributed by atoms with Crippen molar-refractivity contribution in [3.05, 3.63) is 88.8 Å². The summed E-state index contributed by atoms with van der Waals surface area (Å²) in [5, 5.41) is 8.49. The van der Waals surface area contributed by atoms with Gasteiger partial charge in [-0.05, 0) is 62.1 Å². The van der Waals surface area contributed by atoms with Gasteiger partial charge >= 0.3 is 6.18 Å². The zero-order valence-corrected chi connectivity index (χ0v) is 19.8. The Kier molecular flexibility index (Phi) is 6.11. The van der Waals surface area contributed by atoms with Gasteiger partial charge in [0.1, 0.15) is 5.75 Å². The van der Waals surface area contributed by atoms with Gasteiger partial charge in [0.05, 0.1) is 54.2 Å². The quantitative estimate of drug-likeness (QED) is 0.346. The van der Waals surface area contributed by atoms with E-state index < -0.39 is 11.7 Å². The first-order valence-electron chi connectivity index (χ1n) is 11.6. The van der Waals surface area contributed by atoms with E-state index in [9.17, 15) is 18.0 Å². The smallest absolute Gasteiger partial charge is 0.416 e. The van der Waals surface area contributed by atoms with Crippen molar-refractivity contribution in [2.45, 2.75) is 44.8 Å². The van der Waals surface area contributed by atoms with Crippen LogP contribution in [0.4, 0.5) is 13.2 Å². The second-order valence-electron chi connectivity index (χ2n) is 8.87. The van der Waals surface area contributed by atoms with Gasteiger partial charge in [0, 0.05) is 11.8 Å². The summed E-state index contributed by atoms with van der Waals surface area (Å²) in [5.41, 5.74) is 3.27. The van der Waals surface area contributed by atoms with Crippen molar-refractivity contribution < 1.29 is 22.7 Å². The van der Waals surface area contributed by atoms with Gasteiger partial charge in [-0.25, -0.2) is 9.67 Å². The van der Waals surface area contributed by atoms with Crippen LogP contribution in [0, 0.1) is 6.92 Å². The van der Waals surface area contributed by atoms with Crippen molar-refractivity contribution in [3.63, 3.8) is 0 Å². The number of aryl methyl sites for hydroxylation is 1. The molecule has 1 aliphatic rings. The number of nitrogens with zero attached hydrogens (tertiary/aromatic N) is 5. The first kappa shape index (κ1) is 23.8. The molecular formula is C26H24F3N5O2. The van der Waals surface area contributed by atoms with Crippen LogP contribution in [0.2, 0.25) is 0 Å². The number of fused-ring (bicyclic) bond motifs is 1. The minimum absolute atomic E-state index is 0.0390. The van der Waals surface area contributed by atoms with E-state index >= 15 is 0 Å². The summed E-state index contributed by atoms with van der Waals surface area (Å²) >= 11 is 0. The van der Waals surface area contributed by atoms with Gasteiger partial charge in [-0.3, -0.25) is 4.79 Å². The second kappa shape index (κ2) is 9.25. The minimum atomic E-state index is -4.42. The molecule has 186 valence electrons. The molecule has 2 aromatic carbocycles. The van der Waals surface area contributed by atoms with Gasteiger partial charge in [-0.1, -0.05) is 17.3 Å². The summed E-state index contributed by atoms with van der Waals surface area (Å²) < 4.78 is 48.7. The van der Waals surface area contributed by atoms with E-state index in [1.807, 2.05) is 17.7 Å². The number of rotatable bonds is 6. The van der Waals surface area contributed by atoms with Crippen LogP contribution in [-0.2, 0) is 19.0 Å². The van der Waals surface area contributed by atoms with Crippen LogP contribution in [0.5, 0.6) is 5.75 Å². The largest absolute Gasteiger partial charge is 0.495 e. The van der Waals surface area contributed by atoms with Gasteiger partial charge in [-0.15, -0.1) is 5.10 Å². The zero-order valence-electron chi connectivity index (χ0n) is 19.8. The molecule has 3 heterocycles. The first-order valence-corrected chi connectivity index (χ1v) is 11.6. The number of hydrogen-bond donors (Lipinski definition) is 0. The monoisotopic (exact) mass is 495 g/mol. The normalized spacial score (nSPS) is 15.5. The highest BCUT2D eigenvalue weighted by Gasteiger charge is 2.32. The molecule has 5 rings (SSSR count). The molecule has 36 heavy (non-hydrogen) atoms. The van der Waals surface area contributed by atoms with Gasteiger partial charge in [0.25, 0.3) is 0 Å². The molecule has 10 heteroatoms. The van der Waals surface area contributed by atoms with Crippen molar-refractivity contribution in [2.24, 2.45) is 0 Å². The lowest BCUT2D eigenvalue weighted by molar-refractivity contribution is -0.137. The average Bonchev–Trinajstić information content (AvgIpc) is 3.49. The topological polar surface area (TPSA) is 74.8 Å². The molecule has 0 N–H and O–H groups in total. The maximum atomic E-state index is 13.2. The third-order valence-electron chi connectivity index (χ3n) is 6.48. The summed E-state index contributed by atoms with van der Waals surface area (Å²) in [6.07, 6.45) is 1.24. The SMILES string of the molecule is COc1cc(C(=O)Cc2nnn3c2CCCC3c2cccc(C(F)(F)F)c2)ccc1-n1cnc(C)c1. The van der Waals surface area contributed by atoms with E-state index in [0.29, 0.717) is 35.4 Å². The molecule has 1 atom stereocenters. The Morgan fingerprint density at radius 3 is 2.75 bits per heavy atom. The fourth-order valence-electron chi connectivity index (χ4n) is 4.68. The lowest BCUT2D eigenvalue weighted by Crippen LogP contribution is -2.21. The molecule has 4 aromatic rings. The highest BCUT2D eigenvalue weighted by Crippen LogP contribution is 2.35. The number of halogens is 3. The molecule has 1 unspecified atom stereocenters. The van der Waals surface area contributed by atoms with Crippen LogP contribution in [0.3, 0.4) is 0 Å². The van der Waals surface area contributed by atoms with Crippen LogP contribution in [0.25, 0.3) is 5.69 Å². The van der Waals surface area contributed by atoms with Crippen LogP contribution in [0.1, 0.15) is 57.5 Å². The molecular weight excluding hydrogens is 471 g/mol. The number of benzene rings is 2. The number of ketones is 1. The van der Waals surface area contributed by atoms with Crippen LogP contribution >= 0.6 is 0 Å². The molecule has 0 fully saturated rings. The highest BCUT2D eigenvalue weighted by molar-refractivity contribution is 5.98. The second-order valence-corrected chi connectivity index (χ2v) is 8.87. The van der Waals surface area contributed by atoms with Crippen molar-refractivity contribution in [2.75, 3.05) is 7.11 Å². The summed E-state index contributed by atoms with van der Waals surface area (Å²) in [6, 6.07) is 10.2. The average molecular weight is 496 g/mol. The predicted octanol–water partition coefficient (Wildman–Crippen LogP) is 5.15. The van der Waals surface area contributed by atoms with Crippen molar-refractivity contribution in [1.29, 1.82) is 0 Å². The molecule has 7 nitrogen and oxygen atoms in total. The maximum absolute atomic E-state index is 13.2. The first-order chi connectivity index (χ1) is 17.2. The highest BCUT2D eigenvalue weighted by atomic mass is 19.4. The van der Waals surface area contributed by atoms with E-state index in [1.54, 1.807) is 42.4 Å². The Morgan fingerprint density at radius 2 is 2.03 bits per heavy atom. The fraction of sp³-hybridized carbons (Fsp3) is 0.308. The van der Waals surface area contributed by atoms with E-state index in [4.69, 9.17) is 4.74 Å². The number of hydrogen-bond acceptors (Lipinski definition) is 5.